The molecule has 0 saturated carbocycles. The number of benzene rings is 1. The van der Waals surface area contributed by atoms with E-state index in [1.54, 1.807) is 12.1 Å². The lowest BCUT2D eigenvalue weighted by atomic mass is 10.2. The fourth-order valence-corrected chi connectivity index (χ4v) is 3.27. The quantitative estimate of drug-likeness (QED) is 0.367. The normalized spacial score (nSPS) is 16.2. The summed E-state index contributed by atoms with van der Waals surface area (Å²) in [6.45, 7) is 3.09. The highest BCUT2D eigenvalue weighted by atomic mass is 16.5. The van der Waals surface area contributed by atoms with Gasteiger partial charge >= 0.3 is 0 Å². The van der Waals surface area contributed by atoms with E-state index < -0.39 is 0 Å². The predicted molar refractivity (Wildman–Crippen MR) is 111 cm³/mol. The lowest BCUT2D eigenvalue weighted by molar-refractivity contribution is -0.125. The van der Waals surface area contributed by atoms with Gasteiger partial charge in [-0.3, -0.25) is 10.2 Å². The van der Waals surface area contributed by atoms with Crippen LogP contribution in [0.25, 0.3) is 0 Å². The molecule has 0 radical (unpaired) electrons. The lowest BCUT2D eigenvalue weighted by Crippen LogP contribution is -2.28. The number of nitrogen functional groups attached to an aromatic ring is 1. The molecule has 0 atom stereocenters. The van der Waals surface area contributed by atoms with E-state index in [1.807, 2.05) is 35.3 Å². The summed E-state index contributed by atoms with van der Waals surface area (Å²) >= 11 is 0. The SMILES string of the molecule is N=C(N)c1cccc(OCCCNC2=CCC=C(C(=O)N3CCCC3)C=C2)c1. The lowest BCUT2D eigenvalue weighted by Gasteiger charge is -2.15. The zero-order chi connectivity index (χ0) is 19.8. The van der Waals surface area contributed by atoms with Crippen LogP contribution in [0.1, 0.15) is 31.2 Å². The van der Waals surface area contributed by atoms with Gasteiger partial charge < -0.3 is 20.7 Å². The Hall–Kier alpha value is -3.02. The standard InChI is InChI=1S/C22H28N4O2/c23-21(24)18-7-4-9-20(16-18)28-15-5-12-25-19-8-3-6-17(10-11-19)22(27)26-13-1-2-14-26/h4,6-11,16,25H,1-3,5,12-15H2,(H3,23,24). The molecule has 3 rings (SSSR count). The van der Waals surface area contributed by atoms with Crippen molar-refractivity contribution in [2.24, 2.45) is 5.73 Å². The smallest absolute Gasteiger partial charge is 0.253 e. The molecule has 148 valence electrons. The van der Waals surface area contributed by atoms with Gasteiger partial charge in [-0.15, -0.1) is 0 Å². The average molecular weight is 380 g/mol. The summed E-state index contributed by atoms with van der Waals surface area (Å²) < 4.78 is 5.73. The number of likely N-dealkylation sites (tertiary alicyclic amines) is 1. The van der Waals surface area contributed by atoms with E-state index >= 15 is 0 Å². The molecule has 0 bridgehead atoms. The second kappa shape index (κ2) is 9.78. The summed E-state index contributed by atoms with van der Waals surface area (Å²) in [5, 5.41) is 10.9. The average Bonchev–Trinajstić information content (AvgIpc) is 3.14. The summed E-state index contributed by atoms with van der Waals surface area (Å²) in [4.78, 5) is 14.4. The van der Waals surface area contributed by atoms with E-state index in [1.165, 1.54) is 0 Å². The largest absolute Gasteiger partial charge is 0.494 e. The number of nitrogens with zero attached hydrogens (tertiary/aromatic N) is 1. The van der Waals surface area contributed by atoms with Crippen LogP contribution in [0.2, 0.25) is 0 Å². The molecule has 0 aromatic heterocycles. The summed E-state index contributed by atoms with van der Waals surface area (Å²) in [6.07, 6.45) is 11.8. The molecular weight excluding hydrogens is 352 g/mol. The number of carbonyl (C=O) groups excluding carboxylic acids is 1. The van der Waals surface area contributed by atoms with Crippen LogP contribution in [0.3, 0.4) is 0 Å². The molecule has 2 aliphatic rings. The van der Waals surface area contributed by atoms with Crippen molar-refractivity contribution >= 4 is 11.7 Å². The van der Waals surface area contributed by atoms with Gasteiger partial charge in [-0.1, -0.05) is 24.3 Å². The van der Waals surface area contributed by atoms with E-state index in [2.05, 4.69) is 11.4 Å². The maximum atomic E-state index is 12.5. The molecule has 1 amide bonds. The van der Waals surface area contributed by atoms with E-state index in [0.29, 0.717) is 12.2 Å². The van der Waals surface area contributed by atoms with Crippen molar-refractivity contribution in [1.29, 1.82) is 5.41 Å². The highest BCUT2D eigenvalue weighted by Crippen LogP contribution is 2.16. The fourth-order valence-electron chi connectivity index (χ4n) is 3.27. The van der Waals surface area contributed by atoms with Crippen molar-refractivity contribution in [2.45, 2.75) is 25.7 Å². The van der Waals surface area contributed by atoms with Crippen LogP contribution in [-0.2, 0) is 4.79 Å². The zero-order valence-electron chi connectivity index (χ0n) is 16.1. The Bertz CT molecular complexity index is 805. The third kappa shape index (κ3) is 5.49. The molecule has 28 heavy (non-hydrogen) atoms. The predicted octanol–water partition coefficient (Wildman–Crippen LogP) is 2.72. The van der Waals surface area contributed by atoms with Gasteiger partial charge in [0.05, 0.1) is 6.61 Å². The van der Waals surface area contributed by atoms with E-state index in [-0.39, 0.29) is 11.7 Å². The van der Waals surface area contributed by atoms with Crippen molar-refractivity contribution in [3.05, 3.63) is 65.4 Å². The Balaban J connectivity index is 1.39. The Kier molecular flexibility index (Phi) is 6.89. The van der Waals surface area contributed by atoms with Crippen LogP contribution >= 0.6 is 0 Å². The molecule has 1 aromatic carbocycles. The number of ether oxygens (including phenoxy) is 1. The Morgan fingerprint density at radius 3 is 2.82 bits per heavy atom. The molecule has 6 heteroatoms. The molecule has 1 heterocycles. The van der Waals surface area contributed by atoms with E-state index in [9.17, 15) is 4.79 Å². The van der Waals surface area contributed by atoms with Gasteiger partial charge in [0.25, 0.3) is 5.91 Å². The summed E-state index contributed by atoms with van der Waals surface area (Å²) in [7, 11) is 0. The molecule has 1 aliphatic carbocycles. The maximum absolute atomic E-state index is 12.5. The molecule has 0 spiro atoms. The maximum Gasteiger partial charge on any atom is 0.253 e. The summed E-state index contributed by atoms with van der Waals surface area (Å²) in [6, 6.07) is 7.26. The van der Waals surface area contributed by atoms with Crippen molar-refractivity contribution in [3.63, 3.8) is 0 Å². The Labute approximate surface area is 166 Å². The number of carbonyl (C=O) groups is 1. The third-order valence-corrected chi connectivity index (χ3v) is 4.82. The zero-order valence-corrected chi connectivity index (χ0v) is 16.1. The van der Waals surface area contributed by atoms with Crippen LogP contribution in [0.4, 0.5) is 0 Å². The van der Waals surface area contributed by atoms with E-state index in [4.69, 9.17) is 15.9 Å². The van der Waals surface area contributed by atoms with Gasteiger partial charge in [-0.2, -0.15) is 0 Å². The van der Waals surface area contributed by atoms with Crippen molar-refractivity contribution in [3.8, 4) is 5.75 Å². The molecule has 1 aromatic rings. The van der Waals surface area contributed by atoms with Crippen LogP contribution in [0.5, 0.6) is 5.75 Å². The van der Waals surface area contributed by atoms with Crippen molar-refractivity contribution in [2.75, 3.05) is 26.2 Å². The van der Waals surface area contributed by atoms with Crippen LogP contribution in [-0.4, -0.2) is 42.9 Å². The molecule has 0 unspecified atom stereocenters. The first kappa shape index (κ1) is 19.7. The molecular formula is C22H28N4O2. The number of hydrogen-bond acceptors (Lipinski definition) is 4. The third-order valence-electron chi connectivity index (χ3n) is 4.82. The molecule has 4 N–H and O–H groups in total. The van der Waals surface area contributed by atoms with Gasteiger partial charge in [-0.25, -0.2) is 0 Å². The molecule has 6 nitrogen and oxygen atoms in total. The molecule has 1 aliphatic heterocycles. The highest BCUT2D eigenvalue weighted by Gasteiger charge is 2.20. The second-order valence-electron chi connectivity index (χ2n) is 6.96. The topological polar surface area (TPSA) is 91.4 Å². The molecule has 1 saturated heterocycles. The van der Waals surface area contributed by atoms with Gasteiger partial charge in [-0.05, 0) is 50.0 Å². The van der Waals surface area contributed by atoms with Crippen molar-refractivity contribution in [1.82, 2.24) is 10.2 Å². The summed E-state index contributed by atoms with van der Waals surface area (Å²) in [5.74, 6) is 0.899. The minimum atomic E-state index is 0.0374. The number of allylic oxidation sites excluding steroid dienone is 3. The number of nitrogens with two attached hydrogens (primary N) is 1. The van der Waals surface area contributed by atoms with Crippen LogP contribution in [0.15, 0.2) is 59.8 Å². The van der Waals surface area contributed by atoms with Gasteiger partial charge in [0, 0.05) is 36.5 Å². The van der Waals surface area contributed by atoms with Gasteiger partial charge in [0.15, 0.2) is 0 Å². The van der Waals surface area contributed by atoms with Gasteiger partial charge in [0.2, 0.25) is 0 Å². The first-order chi connectivity index (χ1) is 13.6. The number of amidine groups is 1. The van der Waals surface area contributed by atoms with E-state index in [0.717, 1.165) is 62.3 Å². The molecule has 1 fully saturated rings. The second-order valence-corrected chi connectivity index (χ2v) is 6.96. The minimum Gasteiger partial charge on any atom is -0.494 e. The van der Waals surface area contributed by atoms with Crippen LogP contribution < -0.4 is 15.8 Å². The fraction of sp³-hybridized carbons (Fsp3) is 0.364. The number of amides is 1. The highest BCUT2D eigenvalue weighted by molar-refractivity contribution is 5.96. The monoisotopic (exact) mass is 380 g/mol. The number of nitrogens with one attached hydrogen (secondary N) is 2. The van der Waals surface area contributed by atoms with Gasteiger partial charge in [0.1, 0.15) is 11.6 Å². The van der Waals surface area contributed by atoms with Crippen LogP contribution in [0, 0.1) is 5.41 Å². The summed E-state index contributed by atoms with van der Waals surface area (Å²) in [5.41, 5.74) is 7.97. The first-order valence-electron chi connectivity index (χ1n) is 9.82. The number of rotatable bonds is 8. The van der Waals surface area contributed by atoms with Crippen molar-refractivity contribution < 1.29 is 9.53 Å². The first-order valence-corrected chi connectivity index (χ1v) is 9.82. The minimum absolute atomic E-state index is 0.0374. The Morgan fingerprint density at radius 1 is 1.21 bits per heavy atom. The Morgan fingerprint density at radius 2 is 2.04 bits per heavy atom. The number of hydrogen-bond donors (Lipinski definition) is 3.